The molecular weight excluding hydrogens is 224 g/mol. The Morgan fingerprint density at radius 2 is 1.44 bits per heavy atom. The summed E-state index contributed by atoms with van der Waals surface area (Å²) in [4.78, 5) is 10.6. The molecule has 0 heterocycles. The van der Waals surface area contributed by atoms with Crippen LogP contribution in [0.4, 0.5) is 0 Å². The molecule has 0 radical (unpaired) electrons. The predicted molar refractivity (Wildman–Crippen MR) is 77.9 cm³/mol. The van der Waals surface area contributed by atoms with Crippen molar-refractivity contribution in [1.29, 1.82) is 0 Å². The summed E-state index contributed by atoms with van der Waals surface area (Å²) in [5, 5.41) is 8.63. The van der Waals surface area contributed by atoms with Crippen LogP contribution in [0.1, 0.15) is 89.4 Å². The molecule has 0 saturated heterocycles. The molecule has 0 bridgehead atoms. The number of aliphatic carboxylic acids is 1. The highest BCUT2D eigenvalue weighted by Gasteiger charge is 1.92. The van der Waals surface area contributed by atoms with E-state index in [4.69, 9.17) is 10.6 Å². The van der Waals surface area contributed by atoms with Crippen molar-refractivity contribution in [3.63, 3.8) is 0 Å². The standard InChI is InChI=1S/C16H30O2/c1-2-3-4-5-6-7-8-9-10-11-12-13-14-15-16(17)18/h14-15H,2-13H2,1H3,(H,17,18)/b15-14+/i13D2,14D,15D. The highest BCUT2D eigenvalue weighted by molar-refractivity contribution is 5.79. The zero-order chi connectivity index (χ0) is 17.0. The average molecular weight is 258 g/mol. The van der Waals surface area contributed by atoms with Gasteiger partial charge >= 0.3 is 5.97 Å². The summed E-state index contributed by atoms with van der Waals surface area (Å²) in [5.41, 5.74) is 0. The van der Waals surface area contributed by atoms with Crippen LogP contribution in [0.5, 0.6) is 0 Å². The monoisotopic (exact) mass is 258 g/mol. The summed E-state index contributed by atoms with van der Waals surface area (Å²) < 4.78 is 30.1. The summed E-state index contributed by atoms with van der Waals surface area (Å²) >= 11 is 0. The van der Waals surface area contributed by atoms with Gasteiger partial charge in [-0.1, -0.05) is 77.2 Å². The molecular formula is C16H30O2. The van der Waals surface area contributed by atoms with Gasteiger partial charge in [-0.25, -0.2) is 4.79 Å². The molecule has 0 atom stereocenters. The number of unbranched alkanes of at least 4 members (excludes halogenated alkanes) is 9. The maximum absolute atomic E-state index is 10.6. The lowest BCUT2D eigenvalue weighted by molar-refractivity contribution is -0.131. The van der Waals surface area contributed by atoms with Crippen LogP contribution in [0, 0.1) is 0 Å². The lowest BCUT2D eigenvalue weighted by Gasteiger charge is -2.01. The Labute approximate surface area is 118 Å². The van der Waals surface area contributed by atoms with Gasteiger partial charge in [-0.15, -0.1) is 0 Å². The molecule has 2 nitrogen and oxygen atoms in total. The van der Waals surface area contributed by atoms with Gasteiger partial charge in [0.05, 0.1) is 2.74 Å². The molecule has 0 saturated carbocycles. The van der Waals surface area contributed by atoms with E-state index in [1.54, 1.807) is 0 Å². The third kappa shape index (κ3) is 15.2. The van der Waals surface area contributed by atoms with E-state index in [9.17, 15) is 4.79 Å². The zero-order valence-corrected chi connectivity index (χ0v) is 11.6. The molecule has 0 unspecified atom stereocenters. The first-order valence-corrected chi connectivity index (χ1v) is 7.24. The van der Waals surface area contributed by atoms with Crippen molar-refractivity contribution in [2.45, 2.75) is 83.9 Å². The van der Waals surface area contributed by atoms with Crippen LogP contribution in [0.2, 0.25) is 0 Å². The fourth-order valence-electron chi connectivity index (χ4n) is 1.86. The minimum atomic E-state index is -2.02. The molecule has 0 spiro atoms. The van der Waals surface area contributed by atoms with E-state index >= 15 is 0 Å². The van der Waals surface area contributed by atoms with E-state index in [2.05, 4.69) is 6.92 Å². The Morgan fingerprint density at radius 3 is 1.89 bits per heavy atom. The minimum absolute atomic E-state index is 0.109. The highest BCUT2D eigenvalue weighted by atomic mass is 16.4. The van der Waals surface area contributed by atoms with E-state index in [0.29, 0.717) is 6.42 Å². The van der Waals surface area contributed by atoms with Gasteiger partial charge in [0, 0.05) is 8.79 Å². The molecule has 0 aliphatic rings. The molecule has 0 aliphatic heterocycles. The van der Waals surface area contributed by atoms with Crippen molar-refractivity contribution in [3.05, 3.63) is 12.1 Å². The molecule has 2 heteroatoms. The lowest BCUT2D eigenvalue weighted by atomic mass is 10.1. The summed E-state index contributed by atoms with van der Waals surface area (Å²) in [5.74, 6) is -1.54. The average Bonchev–Trinajstić information content (AvgIpc) is 2.47. The maximum Gasteiger partial charge on any atom is 0.327 e. The topological polar surface area (TPSA) is 37.3 Å². The Bertz CT molecular complexity index is 354. The summed E-state index contributed by atoms with van der Waals surface area (Å²) in [6.45, 7) is 2.20. The van der Waals surface area contributed by atoms with Crippen LogP contribution in [-0.4, -0.2) is 11.1 Å². The largest absolute Gasteiger partial charge is 0.478 e. The lowest BCUT2D eigenvalue weighted by Crippen LogP contribution is -1.85. The number of carboxylic acids is 1. The molecule has 0 rings (SSSR count). The Kier molecular flexibility index (Phi) is 8.78. The number of rotatable bonds is 13. The molecule has 0 aliphatic carbocycles. The Balaban J connectivity index is 3.78. The first kappa shape index (κ1) is 11.1. The fourth-order valence-corrected chi connectivity index (χ4v) is 1.86. The van der Waals surface area contributed by atoms with Crippen molar-refractivity contribution in [2.24, 2.45) is 0 Å². The quantitative estimate of drug-likeness (QED) is 0.358. The second-order valence-electron chi connectivity index (χ2n) is 4.66. The second kappa shape index (κ2) is 14.3. The van der Waals surface area contributed by atoms with Crippen LogP contribution >= 0.6 is 0 Å². The van der Waals surface area contributed by atoms with Crippen LogP contribution in [0.15, 0.2) is 12.1 Å². The molecule has 1 N–H and O–H groups in total. The SMILES string of the molecule is [2H]/C(C(=O)O)=C(/[2H])C([2H])([2H])CCCCCCCCCCCC. The maximum atomic E-state index is 10.6. The third-order valence-electron chi connectivity index (χ3n) is 2.91. The van der Waals surface area contributed by atoms with Gasteiger partial charge in [0.15, 0.2) is 0 Å². The van der Waals surface area contributed by atoms with Gasteiger partial charge in [-0.2, -0.15) is 0 Å². The number of allylic oxidation sites excluding steroid dienone is 1. The number of hydrogen-bond donors (Lipinski definition) is 1. The zero-order valence-electron chi connectivity index (χ0n) is 15.6. The number of carbonyl (C=O) groups is 1. The number of hydrogen-bond acceptors (Lipinski definition) is 1. The summed E-state index contributed by atoms with van der Waals surface area (Å²) in [6.07, 6.45) is 9.47. The summed E-state index contributed by atoms with van der Waals surface area (Å²) in [7, 11) is 0. The van der Waals surface area contributed by atoms with Crippen molar-refractivity contribution in [3.8, 4) is 0 Å². The molecule has 0 aromatic rings. The first-order valence-electron chi connectivity index (χ1n) is 9.24. The van der Waals surface area contributed by atoms with E-state index in [1.807, 2.05) is 0 Å². The molecule has 0 aromatic heterocycles. The molecule has 0 fully saturated rings. The normalized spacial score (nSPS) is 16.3. The molecule has 18 heavy (non-hydrogen) atoms. The first-order chi connectivity index (χ1) is 10.3. The van der Waals surface area contributed by atoms with Gasteiger partial charge < -0.3 is 5.11 Å². The Morgan fingerprint density at radius 1 is 1.00 bits per heavy atom. The van der Waals surface area contributed by atoms with E-state index in [0.717, 1.165) is 19.3 Å². The van der Waals surface area contributed by atoms with Crippen molar-refractivity contribution >= 4 is 5.97 Å². The molecule has 106 valence electrons. The fraction of sp³-hybridized carbons (Fsp3) is 0.812. The minimum Gasteiger partial charge on any atom is -0.478 e. The number of carboxylic acid groups (broad SMARTS) is 1. The molecule has 0 aromatic carbocycles. The van der Waals surface area contributed by atoms with E-state index in [-0.39, 0.29) is 6.42 Å². The van der Waals surface area contributed by atoms with Gasteiger partial charge in [0.2, 0.25) is 0 Å². The van der Waals surface area contributed by atoms with Crippen molar-refractivity contribution in [2.75, 3.05) is 0 Å². The highest BCUT2D eigenvalue weighted by Crippen LogP contribution is 2.11. The summed E-state index contributed by atoms with van der Waals surface area (Å²) in [6, 6.07) is -1.67. The van der Waals surface area contributed by atoms with Crippen LogP contribution in [0.25, 0.3) is 0 Å². The van der Waals surface area contributed by atoms with Gasteiger partial charge in [0.1, 0.15) is 0 Å². The van der Waals surface area contributed by atoms with Gasteiger partial charge in [-0.3, -0.25) is 0 Å². The van der Waals surface area contributed by atoms with E-state index in [1.165, 1.54) is 38.5 Å². The second-order valence-corrected chi connectivity index (χ2v) is 4.66. The van der Waals surface area contributed by atoms with Gasteiger partial charge in [0.25, 0.3) is 0 Å². The molecule has 0 amide bonds. The van der Waals surface area contributed by atoms with Crippen LogP contribution in [-0.2, 0) is 4.79 Å². The van der Waals surface area contributed by atoms with E-state index < -0.39 is 24.4 Å². The third-order valence-corrected chi connectivity index (χ3v) is 2.91. The van der Waals surface area contributed by atoms with Crippen LogP contribution < -0.4 is 0 Å². The van der Waals surface area contributed by atoms with Crippen LogP contribution in [0.3, 0.4) is 0 Å². The Hall–Kier alpha value is -0.790. The smallest absolute Gasteiger partial charge is 0.327 e. The van der Waals surface area contributed by atoms with Gasteiger partial charge in [-0.05, 0) is 12.8 Å². The predicted octanol–water partition coefficient (Wildman–Crippen LogP) is 5.33. The van der Waals surface area contributed by atoms with Crippen molar-refractivity contribution < 1.29 is 15.4 Å². The van der Waals surface area contributed by atoms with Crippen molar-refractivity contribution in [1.82, 2.24) is 0 Å².